The maximum atomic E-state index is 12.6. The number of anilines is 4. The average molecular weight is 516 g/mol. The number of nitrogens with two attached hydrogens (primary N) is 1. The molecular weight excluding hydrogens is 474 g/mol. The number of hydrogen-bond donors (Lipinski definition) is 3. The average Bonchev–Trinajstić information content (AvgIpc) is 2.91. The molecule has 0 spiro atoms. The summed E-state index contributed by atoms with van der Waals surface area (Å²) < 4.78 is 0. The molecule has 3 rings (SSSR count). The topological polar surface area (TPSA) is 89.8 Å². The SMILES string of the molecule is C=C(Nc1ccc(N(CC)CC)cc1)N(CCCN(C)C)Cc1ccc(C(=O)Nc2ccccc2N)nc1. The van der Waals surface area contributed by atoms with Gasteiger partial charge in [0.25, 0.3) is 5.91 Å². The minimum Gasteiger partial charge on any atom is -0.397 e. The lowest BCUT2D eigenvalue weighted by Crippen LogP contribution is -2.29. The van der Waals surface area contributed by atoms with Crippen LogP contribution in [0.25, 0.3) is 0 Å². The Labute approximate surface area is 227 Å². The van der Waals surface area contributed by atoms with Gasteiger partial charge in [0, 0.05) is 43.8 Å². The van der Waals surface area contributed by atoms with Gasteiger partial charge in [0.15, 0.2) is 0 Å². The summed E-state index contributed by atoms with van der Waals surface area (Å²) in [4.78, 5) is 23.8. The Balaban J connectivity index is 1.67. The van der Waals surface area contributed by atoms with Crippen molar-refractivity contribution in [1.82, 2.24) is 14.8 Å². The molecule has 0 radical (unpaired) electrons. The van der Waals surface area contributed by atoms with Gasteiger partial charge >= 0.3 is 0 Å². The number of para-hydroxylation sites is 2. The number of nitrogens with one attached hydrogen (secondary N) is 2. The first-order valence-corrected chi connectivity index (χ1v) is 13.1. The predicted octanol–water partition coefficient (Wildman–Crippen LogP) is 5.10. The van der Waals surface area contributed by atoms with Crippen molar-refractivity contribution in [2.75, 3.05) is 61.5 Å². The Morgan fingerprint density at radius 2 is 1.66 bits per heavy atom. The number of pyridine rings is 1. The van der Waals surface area contributed by atoms with Gasteiger partial charge in [0.2, 0.25) is 0 Å². The van der Waals surface area contributed by atoms with Crippen LogP contribution >= 0.6 is 0 Å². The second kappa shape index (κ2) is 14.0. The lowest BCUT2D eigenvalue weighted by Gasteiger charge is -2.28. The molecule has 1 amide bonds. The smallest absolute Gasteiger partial charge is 0.274 e. The first-order chi connectivity index (χ1) is 18.3. The highest BCUT2D eigenvalue weighted by Crippen LogP contribution is 2.21. The molecule has 0 aliphatic carbocycles. The summed E-state index contributed by atoms with van der Waals surface area (Å²) in [5, 5.41) is 6.29. The van der Waals surface area contributed by atoms with Crippen LogP contribution in [0.15, 0.2) is 79.3 Å². The Hall–Kier alpha value is -4.04. The van der Waals surface area contributed by atoms with E-state index in [9.17, 15) is 4.79 Å². The fourth-order valence-electron chi connectivity index (χ4n) is 4.15. The highest BCUT2D eigenvalue weighted by Gasteiger charge is 2.13. The molecule has 0 fully saturated rings. The van der Waals surface area contributed by atoms with Crippen molar-refractivity contribution in [2.24, 2.45) is 0 Å². The lowest BCUT2D eigenvalue weighted by atomic mass is 10.2. The number of benzene rings is 2. The van der Waals surface area contributed by atoms with E-state index in [1.165, 1.54) is 5.69 Å². The number of nitrogen functional groups attached to an aromatic ring is 1. The number of rotatable bonds is 14. The van der Waals surface area contributed by atoms with Crippen LogP contribution in [0.5, 0.6) is 0 Å². The second-order valence-corrected chi connectivity index (χ2v) is 9.46. The normalized spacial score (nSPS) is 10.8. The molecular formula is C30H41N7O. The number of carbonyl (C=O) groups excluding carboxylic acids is 1. The van der Waals surface area contributed by atoms with E-state index >= 15 is 0 Å². The fraction of sp³-hybridized carbons (Fsp3) is 0.333. The summed E-state index contributed by atoms with van der Waals surface area (Å²) in [6.07, 6.45) is 2.73. The molecule has 0 aliphatic heterocycles. The van der Waals surface area contributed by atoms with Gasteiger partial charge in [-0.15, -0.1) is 0 Å². The van der Waals surface area contributed by atoms with E-state index < -0.39 is 0 Å². The van der Waals surface area contributed by atoms with E-state index in [1.807, 2.05) is 18.2 Å². The van der Waals surface area contributed by atoms with E-state index in [-0.39, 0.29) is 5.91 Å². The first-order valence-electron chi connectivity index (χ1n) is 13.1. The molecule has 0 bridgehead atoms. The van der Waals surface area contributed by atoms with Crippen molar-refractivity contribution in [2.45, 2.75) is 26.8 Å². The Kier molecular flexibility index (Phi) is 10.5. The Bertz CT molecular complexity index is 1170. The summed E-state index contributed by atoms with van der Waals surface area (Å²) in [5.74, 6) is 0.525. The van der Waals surface area contributed by atoms with E-state index in [1.54, 1.807) is 24.4 Å². The number of carbonyl (C=O) groups is 1. The van der Waals surface area contributed by atoms with Crippen molar-refractivity contribution in [1.29, 1.82) is 0 Å². The van der Waals surface area contributed by atoms with Crippen molar-refractivity contribution < 1.29 is 4.79 Å². The van der Waals surface area contributed by atoms with Crippen LogP contribution in [0.1, 0.15) is 36.3 Å². The molecule has 0 unspecified atom stereocenters. The van der Waals surface area contributed by atoms with Crippen molar-refractivity contribution in [3.63, 3.8) is 0 Å². The van der Waals surface area contributed by atoms with Crippen molar-refractivity contribution >= 4 is 28.7 Å². The molecule has 0 saturated heterocycles. The van der Waals surface area contributed by atoms with E-state index in [0.29, 0.717) is 23.6 Å². The largest absolute Gasteiger partial charge is 0.397 e. The maximum absolute atomic E-state index is 12.6. The number of amides is 1. The third-order valence-corrected chi connectivity index (χ3v) is 6.34. The molecule has 0 aliphatic rings. The van der Waals surface area contributed by atoms with Crippen LogP contribution in [-0.4, -0.2) is 61.0 Å². The summed E-state index contributed by atoms with van der Waals surface area (Å²) in [6, 6.07) is 19.3. The van der Waals surface area contributed by atoms with Crippen LogP contribution < -0.4 is 21.3 Å². The highest BCUT2D eigenvalue weighted by molar-refractivity contribution is 6.04. The minimum absolute atomic E-state index is 0.295. The zero-order chi connectivity index (χ0) is 27.5. The standard InChI is InChI=1S/C30H41N7O/c1-6-36(7-2)26-16-14-25(15-17-26)33-23(3)37(20-10-19-35(4)5)22-24-13-18-29(32-21-24)30(38)34-28-12-9-8-11-27(28)31/h8-9,11-18,21,33H,3,6-7,10,19-20,22,31H2,1-2,4-5H3,(H,34,38). The number of hydrogen-bond acceptors (Lipinski definition) is 7. The van der Waals surface area contributed by atoms with E-state index in [2.05, 4.69) is 89.1 Å². The molecule has 38 heavy (non-hydrogen) atoms. The number of nitrogens with zero attached hydrogens (tertiary/aromatic N) is 4. The fourth-order valence-corrected chi connectivity index (χ4v) is 4.15. The zero-order valence-electron chi connectivity index (χ0n) is 23.1. The molecule has 8 heteroatoms. The summed E-state index contributed by atoms with van der Waals surface area (Å²) in [7, 11) is 4.15. The van der Waals surface area contributed by atoms with Gasteiger partial charge in [-0.05, 0) is 88.9 Å². The summed E-state index contributed by atoms with van der Waals surface area (Å²) in [6.45, 7) is 13.0. The van der Waals surface area contributed by atoms with Gasteiger partial charge in [-0.2, -0.15) is 0 Å². The van der Waals surface area contributed by atoms with Crippen LogP contribution in [0.2, 0.25) is 0 Å². The molecule has 0 saturated carbocycles. The Morgan fingerprint density at radius 1 is 0.947 bits per heavy atom. The lowest BCUT2D eigenvalue weighted by molar-refractivity contribution is 0.102. The van der Waals surface area contributed by atoms with Gasteiger partial charge in [0.1, 0.15) is 5.69 Å². The molecule has 1 aromatic heterocycles. The van der Waals surface area contributed by atoms with Gasteiger partial charge in [-0.1, -0.05) is 24.8 Å². The van der Waals surface area contributed by atoms with Crippen LogP contribution in [0.3, 0.4) is 0 Å². The monoisotopic (exact) mass is 515 g/mol. The molecule has 202 valence electrons. The quantitative estimate of drug-likeness (QED) is 0.257. The van der Waals surface area contributed by atoms with Crippen LogP contribution in [0, 0.1) is 0 Å². The molecule has 1 heterocycles. The maximum Gasteiger partial charge on any atom is 0.274 e. The van der Waals surface area contributed by atoms with Crippen LogP contribution in [-0.2, 0) is 6.54 Å². The number of aromatic nitrogens is 1. The first kappa shape index (κ1) is 28.5. The predicted molar refractivity (Wildman–Crippen MR) is 159 cm³/mol. The highest BCUT2D eigenvalue weighted by atomic mass is 16.1. The van der Waals surface area contributed by atoms with Gasteiger partial charge in [-0.25, -0.2) is 0 Å². The molecule has 4 N–H and O–H groups in total. The van der Waals surface area contributed by atoms with Gasteiger partial charge < -0.3 is 31.1 Å². The van der Waals surface area contributed by atoms with Crippen molar-refractivity contribution in [3.05, 3.63) is 90.5 Å². The third-order valence-electron chi connectivity index (χ3n) is 6.34. The zero-order valence-corrected chi connectivity index (χ0v) is 23.1. The van der Waals surface area contributed by atoms with E-state index in [4.69, 9.17) is 5.73 Å². The Morgan fingerprint density at radius 3 is 2.26 bits per heavy atom. The third kappa shape index (κ3) is 8.24. The summed E-state index contributed by atoms with van der Waals surface area (Å²) >= 11 is 0. The van der Waals surface area contributed by atoms with Gasteiger partial charge in [-0.3, -0.25) is 9.78 Å². The minimum atomic E-state index is -0.295. The van der Waals surface area contributed by atoms with Crippen LogP contribution in [0.4, 0.5) is 22.7 Å². The molecule has 2 aromatic carbocycles. The summed E-state index contributed by atoms with van der Waals surface area (Å²) in [5.41, 5.74) is 10.6. The molecule has 8 nitrogen and oxygen atoms in total. The molecule has 3 aromatic rings. The molecule has 0 atom stereocenters. The van der Waals surface area contributed by atoms with Gasteiger partial charge in [0.05, 0.1) is 17.2 Å². The van der Waals surface area contributed by atoms with E-state index in [0.717, 1.165) is 49.7 Å². The second-order valence-electron chi connectivity index (χ2n) is 9.46. The van der Waals surface area contributed by atoms with Crippen molar-refractivity contribution in [3.8, 4) is 0 Å².